The quantitative estimate of drug-likeness (QED) is 0.812. The fourth-order valence-electron chi connectivity index (χ4n) is 1.95. The number of anilines is 1. The van der Waals surface area contributed by atoms with E-state index in [2.05, 4.69) is 4.98 Å². The third-order valence-electron chi connectivity index (χ3n) is 3.08. The third kappa shape index (κ3) is 2.44. The average Bonchev–Trinajstić information content (AvgIpc) is 2.79. The molecule has 0 radical (unpaired) electrons. The molecule has 0 saturated heterocycles. The van der Waals surface area contributed by atoms with E-state index in [1.807, 2.05) is 24.7 Å². The van der Waals surface area contributed by atoms with Gasteiger partial charge in [0.05, 0.1) is 0 Å². The summed E-state index contributed by atoms with van der Waals surface area (Å²) in [7, 11) is 1.87. The zero-order chi connectivity index (χ0) is 14.0. The molecule has 2 N–H and O–H groups in total. The Labute approximate surface area is 109 Å². The maximum atomic E-state index is 12.1. The van der Waals surface area contributed by atoms with Gasteiger partial charge < -0.3 is 10.3 Å². The van der Waals surface area contributed by atoms with Gasteiger partial charge in [0, 0.05) is 45.1 Å². The predicted molar refractivity (Wildman–Crippen MR) is 72.0 cm³/mol. The van der Waals surface area contributed by atoms with Crippen molar-refractivity contribution in [3.05, 3.63) is 45.3 Å². The summed E-state index contributed by atoms with van der Waals surface area (Å²) in [5.41, 5.74) is 4.94. The van der Waals surface area contributed by atoms with Crippen LogP contribution < -0.4 is 17.0 Å². The van der Waals surface area contributed by atoms with E-state index >= 15 is 0 Å². The van der Waals surface area contributed by atoms with Crippen molar-refractivity contribution in [2.24, 2.45) is 7.05 Å². The fourth-order valence-corrected chi connectivity index (χ4v) is 1.95. The second kappa shape index (κ2) is 5.13. The van der Waals surface area contributed by atoms with Crippen LogP contribution in [0.3, 0.4) is 0 Å². The summed E-state index contributed by atoms with van der Waals surface area (Å²) in [6, 6.07) is 0. The number of nitrogens with two attached hydrogens (primary N) is 1. The Morgan fingerprint density at radius 3 is 2.68 bits per heavy atom. The van der Waals surface area contributed by atoms with E-state index in [1.54, 1.807) is 6.20 Å². The number of hydrogen-bond acceptors (Lipinski definition) is 4. The van der Waals surface area contributed by atoms with Gasteiger partial charge >= 0.3 is 5.69 Å². The predicted octanol–water partition coefficient (Wildman–Crippen LogP) is -0.412. The maximum absolute atomic E-state index is 12.1. The average molecular weight is 263 g/mol. The van der Waals surface area contributed by atoms with E-state index in [9.17, 15) is 9.59 Å². The fraction of sp³-hybridized carbons (Fsp3) is 0.417. The molecule has 0 atom stereocenters. The first kappa shape index (κ1) is 13.1. The number of imidazole rings is 1. The molecule has 2 rings (SSSR count). The van der Waals surface area contributed by atoms with E-state index in [1.165, 1.54) is 10.8 Å². The topological polar surface area (TPSA) is 87.8 Å². The summed E-state index contributed by atoms with van der Waals surface area (Å²) in [6.45, 7) is 2.58. The second-order valence-electron chi connectivity index (χ2n) is 4.31. The Bertz CT molecular complexity index is 695. The van der Waals surface area contributed by atoms with Crippen LogP contribution in [0.1, 0.15) is 12.7 Å². The SMILES string of the molecule is CCn1cc(N)c(=O)n(CCc2nccn2C)c1=O. The van der Waals surface area contributed by atoms with Gasteiger partial charge in [0.2, 0.25) is 0 Å². The molecule has 2 aromatic rings. The zero-order valence-corrected chi connectivity index (χ0v) is 11.0. The minimum absolute atomic E-state index is 0.0845. The molecule has 0 saturated carbocycles. The summed E-state index contributed by atoms with van der Waals surface area (Å²) in [6.07, 6.45) is 5.40. The number of aromatic nitrogens is 4. The van der Waals surface area contributed by atoms with Gasteiger partial charge in [-0.15, -0.1) is 0 Å². The Balaban J connectivity index is 2.35. The molecule has 7 nitrogen and oxygen atoms in total. The highest BCUT2D eigenvalue weighted by Gasteiger charge is 2.09. The standard InChI is InChI=1S/C12H17N5O2/c1-3-16-8-9(13)11(18)17(12(16)19)6-4-10-14-5-7-15(10)2/h5,7-8H,3-4,6,13H2,1-2H3. The van der Waals surface area contributed by atoms with Crippen LogP contribution in [0.15, 0.2) is 28.2 Å². The third-order valence-corrected chi connectivity index (χ3v) is 3.08. The first-order valence-corrected chi connectivity index (χ1v) is 6.10. The molecule has 0 unspecified atom stereocenters. The minimum Gasteiger partial charge on any atom is -0.393 e. The highest BCUT2D eigenvalue weighted by molar-refractivity contribution is 5.30. The summed E-state index contributed by atoms with van der Waals surface area (Å²) < 4.78 is 4.44. The number of nitrogen functional groups attached to an aromatic ring is 1. The summed E-state index contributed by atoms with van der Waals surface area (Å²) in [5.74, 6) is 0.816. The largest absolute Gasteiger partial charge is 0.393 e. The van der Waals surface area contributed by atoms with Crippen LogP contribution in [0, 0.1) is 0 Å². The van der Waals surface area contributed by atoms with E-state index in [-0.39, 0.29) is 17.9 Å². The van der Waals surface area contributed by atoms with Crippen molar-refractivity contribution in [1.29, 1.82) is 0 Å². The normalized spacial score (nSPS) is 10.8. The van der Waals surface area contributed by atoms with Gasteiger partial charge in [-0.3, -0.25) is 13.9 Å². The van der Waals surface area contributed by atoms with Crippen LogP contribution in [-0.2, 0) is 26.6 Å². The van der Waals surface area contributed by atoms with Crippen LogP contribution in [-0.4, -0.2) is 18.7 Å². The van der Waals surface area contributed by atoms with Crippen LogP contribution in [0.2, 0.25) is 0 Å². The molecule has 19 heavy (non-hydrogen) atoms. The van der Waals surface area contributed by atoms with Crippen molar-refractivity contribution >= 4 is 5.69 Å². The molecule has 0 amide bonds. The molecule has 2 aromatic heterocycles. The smallest absolute Gasteiger partial charge is 0.331 e. The second-order valence-corrected chi connectivity index (χ2v) is 4.31. The Morgan fingerprint density at radius 1 is 1.37 bits per heavy atom. The van der Waals surface area contributed by atoms with Gasteiger partial charge in [-0.25, -0.2) is 9.78 Å². The van der Waals surface area contributed by atoms with Crippen molar-refractivity contribution in [1.82, 2.24) is 18.7 Å². The highest BCUT2D eigenvalue weighted by atomic mass is 16.2. The molecule has 0 spiro atoms. The molecular formula is C12H17N5O2. The lowest BCUT2D eigenvalue weighted by Gasteiger charge is -2.09. The Kier molecular flexibility index (Phi) is 3.55. The van der Waals surface area contributed by atoms with E-state index < -0.39 is 5.56 Å². The number of aryl methyl sites for hydroxylation is 3. The van der Waals surface area contributed by atoms with E-state index in [0.717, 1.165) is 10.4 Å². The summed E-state index contributed by atoms with van der Waals surface area (Å²) >= 11 is 0. The van der Waals surface area contributed by atoms with Gasteiger partial charge in [0.1, 0.15) is 11.5 Å². The maximum Gasteiger partial charge on any atom is 0.331 e. The van der Waals surface area contributed by atoms with Crippen LogP contribution in [0.5, 0.6) is 0 Å². The van der Waals surface area contributed by atoms with Crippen molar-refractivity contribution in [2.75, 3.05) is 5.73 Å². The molecule has 0 aliphatic heterocycles. The first-order valence-electron chi connectivity index (χ1n) is 6.10. The molecule has 0 fully saturated rings. The first-order chi connectivity index (χ1) is 9.04. The number of hydrogen-bond donors (Lipinski definition) is 1. The van der Waals surface area contributed by atoms with Gasteiger partial charge in [-0.1, -0.05) is 0 Å². The Morgan fingerprint density at radius 2 is 2.11 bits per heavy atom. The summed E-state index contributed by atoms with van der Waals surface area (Å²) in [4.78, 5) is 28.1. The van der Waals surface area contributed by atoms with E-state index in [4.69, 9.17) is 5.73 Å². The molecule has 7 heteroatoms. The van der Waals surface area contributed by atoms with Gasteiger partial charge in [0.25, 0.3) is 5.56 Å². The molecule has 0 aliphatic carbocycles. The minimum atomic E-state index is -0.441. The van der Waals surface area contributed by atoms with E-state index in [0.29, 0.717) is 13.0 Å². The molecule has 2 heterocycles. The van der Waals surface area contributed by atoms with Crippen molar-refractivity contribution < 1.29 is 0 Å². The van der Waals surface area contributed by atoms with Gasteiger partial charge in [-0.05, 0) is 6.92 Å². The zero-order valence-electron chi connectivity index (χ0n) is 11.0. The highest BCUT2D eigenvalue weighted by Crippen LogP contribution is 1.97. The molecule has 0 aliphatic rings. The van der Waals surface area contributed by atoms with Gasteiger partial charge in [-0.2, -0.15) is 0 Å². The number of rotatable bonds is 4. The summed E-state index contributed by atoms with van der Waals surface area (Å²) in [5, 5.41) is 0. The van der Waals surface area contributed by atoms with Gasteiger partial charge in [0.15, 0.2) is 0 Å². The van der Waals surface area contributed by atoms with Crippen molar-refractivity contribution in [3.63, 3.8) is 0 Å². The molecular weight excluding hydrogens is 246 g/mol. The van der Waals surface area contributed by atoms with Crippen molar-refractivity contribution in [3.8, 4) is 0 Å². The lowest BCUT2D eigenvalue weighted by Crippen LogP contribution is -2.41. The Hall–Kier alpha value is -2.31. The lowest BCUT2D eigenvalue weighted by molar-refractivity contribution is 0.555. The van der Waals surface area contributed by atoms with Crippen molar-refractivity contribution in [2.45, 2.75) is 26.4 Å². The van der Waals surface area contributed by atoms with Crippen LogP contribution in [0.25, 0.3) is 0 Å². The van der Waals surface area contributed by atoms with Crippen LogP contribution in [0.4, 0.5) is 5.69 Å². The lowest BCUT2D eigenvalue weighted by atomic mass is 10.4. The molecule has 0 aromatic carbocycles. The number of nitrogens with zero attached hydrogens (tertiary/aromatic N) is 4. The molecule has 0 bridgehead atoms. The monoisotopic (exact) mass is 263 g/mol. The molecule has 102 valence electrons. The van der Waals surface area contributed by atoms with Crippen LogP contribution >= 0.6 is 0 Å².